The van der Waals surface area contributed by atoms with Gasteiger partial charge in [0.25, 0.3) is 0 Å². The van der Waals surface area contributed by atoms with Crippen molar-refractivity contribution in [2.75, 3.05) is 14.2 Å². The highest BCUT2D eigenvalue weighted by molar-refractivity contribution is 6.09. The topological polar surface area (TPSA) is 35.5 Å². The number of ether oxygens (including phenoxy) is 2. The summed E-state index contributed by atoms with van der Waals surface area (Å²) < 4.78 is 10.6. The second-order valence-corrected chi connectivity index (χ2v) is 4.88. The summed E-state index contributed by atoms with van der Waals surface area (Å²) in [6.45, 7) is 0. The SMILES string of the molecule is COc1ccc(OC)c(C2C(=O)C2c2ccccc2)c1. The van der Waals surface area contributed by atoms with Gasteiger partial charge in [0, 0.05) is 5.56 Å². The molecule has 3 rings (SSSR count). The zero-order chi connectivity index (χ0) is 14.1. The fraction of sp³-hybridized carbons (Fsp3) is 0.235. The second-order valence-electron chi connectivity index (χ2n) is 4.88. The molecular formula is C17H16O3. The minimum atomic E-state index is -0.123. The van der Waals surface area contributed by atoms with Gasteiger partial charge < -0.3 is 9.47 Å². The molecule has 0 N–H and O–H groups in total. The molecule has 102 valence electrons. The molecule has 1 saturated carbocycles. The van der Waals surface area contributed by atoms with E-state index in [9.17, 15) is 4.79 Å². The van der Waals surface area contributed by atoms with Crippen molar-refractivity contribution in [1.29, 1.82) is 0 Å². The first kappa shape index (κ1) is 12.7. The van der Waals surface area contributed by atoms with Crippen LogP contribution in [-0.4, -0.2) is 20.0 Å². The summed E-state index contributed by atoms with van der Waals surface area (Å²) in [5.41, 5.74) is 1.97. The molecule has 2 atom stereocenters. The highest BCUT2D eigenvalue weighted by Crippen LogP contribution is 2.53. The van der Waals surface area contributed by atoms with Gasteiger partial charge in [-0.25, -0.2) is 0 Å². The number of hydrogen-bond acceptors (Lipinski definition) is 3. The van der Waals surface area contributed by atoms with Crippen LogP contribution < -0.4 is 9.47 Å². The molecule has 2 aromatic carbocycles. The smallest absolute Gasteiger partial charge is 0.150 e. The van der Waals surface area contributed by atoms with Crippen LogP contribution in [0.5, 0.6) is 11.5 Å². The Balaban J connectivity index is 1.96. The number of carbonyl (C=O) groups excluding carboxylic acids is 1. The maximum absolute atomic E-state index is 12.2. The van der Waals surface area contributed by atoms with E-state index in [1.54, 1.807) is 14.2 Å². The lowest BCUT2D eigenvalue weighted by Gasteiger charge is -2.09. The Morgan fingerprint density at radius 2 is 1.65 bits per heavy atom. The van der Waals surface area contributed by atoms with Gasteiger partial charge in [0.15, 0.2) is 0 Å². The van der Waals surface area contributed by atoms with Crippen LogP contribution in [0.25, 0.3) is 0 Å². The number of benzene rings is 2. The molecule has 0 spiro atoms. The van der Waals surface area contributed by atoms with Crippen molar-refractivity contribution in [3.05, 3.63) is 59.7 Å². The minimum Gasteiger partial charge on any atom is -0.497 e. The summed E-state index contributed by atoms with van der Waals surface area (Å²) in [5, 5.41) is 0. The molecule has 1 aliphatic rings. The van der Waals surface area contributed by atoms with Gasteiger partial charge >= 0.3 is 0 Å². The molecule has 0 heterocycles. The number of carbonyl (C=O) groups is 1. The number of hydrogen-bond donors (Lipinski definition) is 0. The zero-order valence-corrected chi connectivity index (χ0v) is 11.5. The van der Waals surface area contributed by atoms with Crippen molar-refractivity contribution in [2.45, 2.75) is 11.8 Å². The first-order valence-electron chi connectivity index (χ1n) is 6.57. The molecule has 3 nitrogen and oxygen atoms in total. The van der Waals surface area contributed by atoms with Crippen LogP contribution in [0.1, 0.15) is 23.0 Å². The van der Waals surface area contributed by atoms with E-state index >= 15 is 0 Å². The Morgan fingerprint density at radius 3 is 2.30 bits per heavy atom. The van der Waals surface area contributed by atoms with E-state index in [4.69, 9.17) is 9.47 Å². The normalized spacial score (nSPS) is 20.6. The Kier molecular flexibility index (Phi) is 3.18. The van der Waals surface area contributed by atoms with E-state index < -0.39 is 0 Å². The third kappa shape index (κ3) is 2.05. The molecule has 0 bridgehead atoms. The van der Waals surface area contributed by atoms with Crippen LogP contribution in [0.15, 0.2) is 48.5 Å². The molecule has 2 aromatic rings. The highest BCUT2D eigenvalue weighted by Gasteiger charge is 2.52. The van der Waals surface area contributed by atoms with Gasteiger partial charge in [-0.05, 0) is 23.8 Å². The van der Waals surface area contributed by atoms with E-state index in [0.717, 1.165) is 22.6 Å². The van der Waals surface area contributed by atoms with Gasteiger partial charge in [-0.15, -0.1) is 0 Å². The van der Waals surface area contributed by atoms with Crippen molar-refractivity contribution >= 4 is 5.78 Å². The molecule has 1 aliphatic carbocycles. The molecule has 0 radical (unpaired) electrons. The van der Waals surface area contributed by atoms with Crippen molar-refractivity contribution in [3.8, 4) is 11.5 Å². The van der Waals surface area contributed by atoms with Gasteiger partial charge in [0.05, 0.1) is 26.1 Å². The molecule has 0 aromatic heterocycles. The van der Waals surface area contributed by atoms with Crippen LogP contribution in [0.3, 0.4) is 0 Å². The van der Waals surface area contributed by atoms with Crippen LogP contribution in [0, 0.1) is 0 Å². The molecular weight excluding hydrogens is 252 g/mol. The summed E-state index contributed by atoms with van der Waals surface area (Å²) in [6, 6.07) is 15.4. The third-order valence-electron chi connectivity index (χ3n) is 3.77. The highest BCUT2D eigenvalue weighted by atomic mass is 16.5. The second kappa shape index (κ2) is 5.00. The number of Topliss-reactive ketones (excluding diaryl/α,β-unsaturated/α-hetero) is 1. The summed E-state index contributed by atoms with van der Waals surface area (Å²) in [7, 11) is 3.24. The first-order chi connectivity index (χ1) is 9.76. The average molecular weight is 268 g/mol. The predicted molar refractivity (Wildman–Crippen MR) is 76.5 cm³/mol. The Labute approximate surface area is 118 Å². The largest absolute Gasteiger partial charge is 0.497 e. The Hall–Kier alpha value is -2.29. The van der Waals surface area contributed by atoms with Crippen molar-refractivity contribution < 1.29 is 14.3 Å². The molecule has 0 aliphatic heterocycles. The average Bonchev–Trinajstić information content (AvgIpc) is 3.18. The lowest BCUT2D eigenvalue weighted by Crippen LogP contribution is -1.93. The van der Waals surface area contributed by atoms with E-state index in [1.807, 2.05) is 48.5 Å². The van der Waals surface area contributed by atoms with Crippen LogP contribution in [0.4, 0.5) is 0 Å². The lowest BCUT2D eigenvalue weighted by molar-refractivity contribution is -0.110. The van der Waals surface area contributed by atoms with Crippen LogP contribution in [-0.2, 0) is 4.79 Å². The maximum atomic E-state index is 12.2. The fourth-order valence-electron chi connectivity index (χ4n) is 2.67. The van der Waals surface area contributed by atoms with Gasteiger partial charge in [-0.1, -0.05) is 30.3 Å². The number of ketones is 1. The van der Waals surface area contributed by atoms with Gasteiger partial charge in [-0.2, -0.15) is 0 Å². The van der Waals surface area contributed by atoms with Crippen molar-refractivity contribution in [3.63, 3.8) is 0 Å². The van der Waals surface area contributed by atoms with E-state index in [2.05, 4.69) is 0 Å². The monoisotopic (exact) mass is 268 g/mol. The van der Waals surface area contributed by atoms with Crippen LogP contribution >= 0.6 is 0 Å². The maximum Gasteiger partial charge on any atom is 0.150 e. The van der Waals surface area contributed by atoms with Crippen molar-refractivity contribution in [1.82, 2.24) is 0 Å². The van der Waals surface area contributed by atoms with E-state index in [0.29, 0.717) is 0 Å². The van der Waals surface area contributed by atoms with Crippen LogP contribution in [0.2, 0.25) is 0 Å². The van der Waals surface area contributed by atoms with E-state index in [-0.39, 0.29) is 17.6 Å². The molecule has 1 fully saturated rings. The van der Waals surface area contributed by atoms with Crippen molar-refractivity contribution in [2.24, 2.45) is 0 Å². The molecule has 0 saturated heterocycles. The fourth-order valence-corrected chi connectivity index (χ4v) is 2.67. The molecule has 20 heavy (non-hydrogen) atoms. The Bertz CT molecular complexity index is 634. The third-order valence-corrected chi connectivity index (χ3v) is 3.77. The van der Waals surface area contributed by atoms with Gasteiger partial charge in [0.2, 0.25) is 0 Å². The Morgan fingerprint density at radius 1 is 0.900 bits per heavy atom. The standard InChI is InChI=1S/C17H16O3/c1-19-12-8-9-14(20-2)13(10-12)16-15(17(16)18)11-6-4-3-5-7-11/h3-10,15-16H,1-2H3. The molecule has 2 unspecified atom stereocenters. The quantitative estimate of drug-likeness (QED) is 0.854. The summed E-state index contributed by atoms with van der Waals surface area (Å²) in [4.78, 5) is 12.2. The van der Waals surface area contributed by atoms with E-state index in [1.165, 1.54) is 0 Å². The summed E-state index contributed by atoms with van der Waals surface area (Å²) in [6.07, 6.45) is 0. The van der Waals surface area contributed by atoms with Gasteiger partial charge in [-0.3, -0.25) is 4.79 Å². The number of methoxy groups -OCH3 is 2. The molecule has 0 amide bonds. The minimum absolute atomic E-state index is 0.0581. The summed E-state index contributed by atoms with van der Waals surface area (Å²) >= 11 is 0. The zero-order valence-electron chi connectivity index (χ0n) is 11.5. The summed E-state index contributed by atoms with van der Waals surface area (Å²) in [5.74, 6) is 1.54. The lowest BCUT2D eigenvalue weighted by atomic mass is 10.0. The number of rotatable bonds is 4. The first-order valence-corrected chi connectivity index (χ1v) is 6.57. The van der Waals surface area contributed by atoms with Gasteiger partial charge in [0.1, 0.15) is 17.3 Å². The molecule has 3 heteroatoms. The predicted octanol–water partition coefficient (Wildman–Crippen LogP) is 3.15.